The van der Waals surface area contributed by atoms with E-state index < -0.39 is 31.3 Å². The van der Waals surface area contributed by atoms with Gasteiger partial charge in [-0.1, -0.05) is 40.2 Å². The van der Waals surface area contributed by atoms with Crippen LogP contribution in [0, 0.1) is 22.9 Å². The fourth-order valence-corrected chi connectivity index (χ4v) is 5.07. The molecule has 30 heavy (non-hydrogen) atoms. The van der Waals surface area contributed by atoms with E-state index in [2.05, 4.69) is 20.9 Å². The minimum atomic E-state index is -4.36. The maximum atomic E-state index is 14.5. The molecule has 0 unspecified atom stereocenters. The van der Waals surface area contributed by atoms with Crippen LogP contribution >= 0.6 is 15.9 Å². The van der Waals surface area contributed by atoms with E-state index in [-0.39, 0.29) is 24.2 Å². The molecule has 156 valence electrons. The van der Waals surface area contributed by atoms with Crippen molar-refractivity contribution in [3.63, 3.8) is 0 Å². The molecule has 10 heteroatoms. The van der Waals surface area contributed by atoms with Gasteiger partial charge in [-0.2, -0.15) is 4.31 Å². The molecular weight excluding hydrogens is 477 g/mol. The van der Waals surface area contributed by atoms with Gasteiger partial charge in [0.1, 0.15) is 5.82 Å². The summed E-state index contributed by atoms with van der Waals surface area (Å²) >= 11 is 3.17. The second-order valence-electron chi connectivity index (χ2n) is 6.51. The minimum absolute atomic E-state index is 0.133. The van der Waals surface area contributed by atoms with Gasteiger partial charge in [0.15, 0.2) is 4.90 Å². The Labute approximate surface area is 181 Å². The van der Waals surface area contributed by atoms with Gasteiger partial charge in [0, 0.05) is 28.8 Å². The SMILES string of the molecule is Cc1cccc([N+](=O)[O-])c1S(=O)(=O)N(Cc1ccccn1)Cc1ccc(Br)cc1F. The van der Waals surface area contributed by atoms with Crippen LogP contribution in [0.15, 0.2) is 70.2 Å². The maximum Gasteiger partial charge on any atom is 0.289 e. The maximum absolute atomic E-state index is 14.5. The predicted molar refractivity (Wildman–Crippen MR) is 113 cm³/mol. The Kier molecular flexibility index (Phi) is 6.59. The standard InChI is InChI=1S/C20H17BrFN3O4S/c1-14-5-4-7-19(25(26)27)20(14)30(28,29)24(13-17-6-2-3-10-23-17)12-15-8-9-16(21)11-18(15)22/h2-11H,12-13H2,1H3. The van der Waals surface area contributed by atoms with Crippen molar-refractivity contribution in [1.82, 2.24) is 9.29 Å². The summed E-state index contributed by atoms with van der Waals surface area (Å²) in [5, 5.41) is 11.5. The van der Waals surface area contributed by atoms with Crippen LogP contribution < -0.4 is 0 Å². The molecule has 0 aliphatic carbocycles. The number of benzene rings is 2. The lowest BCUT2D eigenvalue weighted by Crippen LogP contribution is -2.32. The highest BCUT2D eigenvalue weighted by atomic mass is 79.9. The molecule has 1 aromatic heterocycles. The molecule has 0 atom stereocenters. The van der Waals surface area contributed by atoms with Crippen molar-refractivity contribution < 1.29 is 17.7 Å². The van der Waals surface area contributed by atoms with Crippen LogP contribution in [0.5, 0.6) is 0 Å². The fourth-order valence-electron chi connectivity index (χ4n) is 2.98. The summed E-state index contributed by atoms with van der Waals surface area (Å²) in [6, 6.07) is 13.4. The summed E-state index contributed by atoms with van der Waals surface area (Å²) in [5.41, 5.74) is 0.257. The molecule has 0 aliphatic heterocycles. The van der Waals surface area contributed by atoms with Crippen molar-refractivity contribution >= 4 is 31.6 Å². The Morgan fingerprint density at radius 1 is 1.13 bits per heavy atom. The van der Waals surface area contributed by atoms with Crippen LogP contribution in [0.25, 0.3) is 0 Å². The predicted octanol–water partition coefficient (Wildman–Crippen LogP) is 4.59. The molecule has 0 fully saturated rings. The zero-order valence-electron chi connectivity index (χ0n) is 15.8. The zero-order chi connectivity index (χ0) is 21.9. The smallest absolute Gasteiger partial charge is 0.260 e. The summed E-state index contributed by atoms with van der Waals surface area (Å²) in [7, 11) is -4.36. The van der Waals surface area contributed by atoms with Crippen molar-refractivity contribution in [1.29, 1.82) is 0 Å². The van der Waals surface area contributed by atoms with Gasteiger partial charge in [-0.05, 0) is 36.8 Å². The summed E-state index contributed by atoms with van der Waals surface area (Å²) in [6.07, 6.45) is 1.51. The van der Waals surface area contributed by atoms with Crippen LogP contribution in [0.4, 0.5) is 10.1 Å². The Morgan fingerprint density at radius 2 is 1.90 bits per heavy atom. The van der Waals surface area contributed by atoms with Gasteiger partial charge < -0.3 is 0 Å². The average Bonchev–Trinajstić information content (AvgIpc) is 2.69. The highest BCUT2D eigenvalue weighted by Crippen LogP contribution is 2.31. The van der Waals surface area contributed by atoms with Crippen molar-refractivity contribution in [2.45, 2.75) is 24.9 Å². The Morgan fingerprint density at radius 3 is 2.53 bits per heavy atom. The number of nitro groups is 1. The first-order valence-corrected chi connectivity index (χ1v) is 11.0. The summed E-state index contributed by atoms with van der Waals surface area (Å²) in [5.74, 6) is -0.593. The third-order valence-corrected chi connectivity index (χ3v) is 6.89. The van der Waals surface area contributed by atoms with E-state index in [4.69, 9.17) is 0 Å². The number of aryl methyl sites for hydroxylation is 1. The molecule has 0 amide bonds. The number of nitro benzene ring substituents is 1. The van der Waals surface area contributed by atoms with Crippen LogP contribution in [0.2, 0.25) is 0 Å². The van der Waals surface area contributed by atoms with E-state index in [9.17, 15) is 22.9 Å². The normalized spacial score (nSPS) is 11.6. The van der Waals surface area contributed by atoms with Crippen molar-refractivity contribution in [2.24, 2.45) is 0 Å². The second kappa shape index (κ2) is 8.99. The number of halogens is 2. The van der Waals surface area contributed by atoms with Gasteiger partial charge >= 0.3 is 0 Å². The molecule has 1 heterocycles. The van der Waals surface area contributed by atoms with Crippen LogP contribution in [-0.4, -0.2) is 22.6 Å². The van der Waals surface area contributed by atoms with E-state index in [0.717, 1.165) is 10.4 Å². The number of sulfonamides is 1. The van der Waals surface area contributed by atoms with Gasteiger partial charge in [0.2, 0.25) is 0 Å². The molecule has 2 aromatic carbocycles. The number of hydrogen-bond donors (Lipinski definition) is 0. The minimum Gasteiger partial charge on any atom is -0.260 e. The monoisotopic (exact) mass is 493 g/mol. The van der Waals surface area contributed by atoms with Gasteiger partial charge in [0.25, 0.3) is 15.7 Å². The first-order valence-electron chi connectivity index (χ1n) is 8.78. The van der Waals surface area contributed by atoms with Crippen LogP contribution in [-0.2, 0) is 23.1 Å². The Bertz CT molecular complexity index is 1190. The molecule has 0 radical (unpaired) electrons. The van der Waals surface area contributed by atoms with Gasteiger partial charge in [-0.15, -0.1) is 0 Å². The fraction of sp³-hybridized carbons (Fsp3) is 0.150. The second-order valence-corrected chi connectivity index (χ2v) is 9.30. The number of nitrogens with zero attached hydrogens (tertiary/aromatic N) is 3. The van der Waals surface area contributed by atoms with Crippen LogP contribution in [0.1, 0.15) is 16.8 Å². The molecule has 0 aliphatic rings. The lowest BCUT2D eigenvalue weighted by molar-refractivity contribution is -0.387. The highest BCUT2D eigenvalue weighted by Gasteiger charge is 2.34. The average molecular weight is 494 g/mol. The van der Waals surface area contributed by atoms with Crippen molar-refractivity contribution in [2.75, 3.05) is 0 Å². The molecule has 0 saturated heterocycles. The lowest BCUT2D eigenvalue weighted by atomic mass is 10.2. The van der Waals surface area contributed by atoms with E-state index in [1.165, 1.54) is 37.4 Å². The molecule has 7 nitrogen and oxygen atoms in total. The molecule has 3 aromatic rings. The Hall–Kier alpha value is -2.69. The van der Waals surface area contributed by atoms with E-state index in [1.54, 1.807) is 24.3 Å². The molecule has 0 N–H and O–H groups in total. The number of pyridine rings is 1. The molecule has 0 bridgehead atoms. The quantitative estimate of drug-likeness (QED) is 0.354. The number of rotatable bonds is 7. The highest BCUT2D eigenvalue weighted by molar-refractivity contribution is 9.10. The van der Waals surface area contributed by atoms with Gasteiger partial charge in [-0.25, -0.2) is 12.8 Å². The zero-order valence-corrected chi connectivity index (χ0v) is 18.2. The van der Waals surface area contributed by atoms with E-state index >= 15 is 0 Å². The third-order valence-electron chi connectivity index (χ3n) is 4.41. The molecular formula is C20H17BrFN3O4S. The topological polar surface area (TPSA) is 93.4 Å². The molecule has 3 rings (SSSR count). The molecule has 0 spiro atoms. The summed E-state index contributed by atoms with van der Waals surface area (Å²) in [6.45, 7) is 0.993. The van der Waals surface area contributed by atoms with Crippen molar-refractivity contribution in [3.8, 4) is 0 Å². The van der Waals surface area contributed by atoms with Crippen LogP contribution in [0.3, 0.4) is 0 Å². The van der Waals surface area contributed by atoms with Gasteiger partial charge in [-0.3, -0.25) is 15.1 Å². The largest absolute Gasteiger partial charge is 0.289 e. The molecule has 0 saturated carbocycles. The summed E-state index contributed by atoms with van der Waals surface area (Å²) < 4.78 is 43.0. The van der Waals surface area contributed by atoms with Gasteiger partial charge in [0.05, 0.1) is 17.2 Å². The van der Waals surface area contributed by atoms with E-state index in [0.29, 0.717) is 10.2 Å². The van der Waals surface area contributed by atoms with E-state index in [1.807, 2.05) is 0 Å². The first-order chi connectivity index (χ1) is 14.2. The van der Waals surface area contributed by atoms with Crippen molar-refractivity contribution in [3.05, 3.63) is 98.0 Å². The Balaban J connectivity index is 2.13. The summed E-state index contributed by atoms with van der Waals surface area (Å²) in [4.78, 5) is 14.5. The first kappa shape index (κ1) is 22.0. The number of hydrogen-bond acceptors (Lipinski definition) is 5. The third kappa shape index (κ3) is 4.72. The lowest BCUT2D eigenvalue weighted by Gasteiger charge is -2.23. The number of aromatic nitrogens is 1.